The maximum absolute atomic E-state index is 6.10. The van der Waals surface area contributed by atoms with Crippen LogP contribution < -0.4 is 5.73 Å². The Morgan fingerprint density at radius 2 is 2.00 bits per heavy atom. The molecule has 0 aliphatic carbocycles. The van der Waals surface area contributed by atoms with Gasteiger partial charge in [0.05, 0.1) is 10.7 Å². The van der Waals surface area contributed by atoms with Gasteiger partial charge in [-0.05, 0) is 13.0 Å². The predicted molar refractivity (Wildman–Crippen MR) is 62.8 cm³/mol. The number of nitrogens with two attached hydrogens (primary N) is 1. The van der Waals surface area contributed by atoms with Crippen molar-refractivity contribution in [1.82, 2.24) is 9.55 Å². The number of benzene rings is 1. The summed E-state index contributed by atoms with van der Waals surface area (Å²) < 4.78 is 1.85. The van der Waals surface area contributed by atoms with Crippen LogP contribution >= 0.6 is 11.6 Å². The molecule has 0 amide bonds. The van der Waals surface area contributed by atoms with Crippen molar-refractivity contribution in [1.29, 1.82) is 0 Å². The number of hydrogen-bond acceptors (Lipinski definition) is 2. The van der Waals surface area contributed by atoms with Gasteiger partial charge < -0.3 is 10.3 Å². The summed E-state index contributed by atoms with van der Waals surface area (Å²) in [5.41, 5.74) is 8.52. The van der Waals surface area contributed by atoms with E-state index in [2.05, 4.69) is 4.98 Å². The van der Waals surface area contributed by atoms with Gasteiger partial charge in [0.1, 0.15) is 0 Å². The van der Waals surface area contributed by atoms with E-state index in [4.69, 9.17) is 17.3 Å². The molecule has 0 fully saturated rings. The average Bonchev–Trinajstić information content (AvgIpc) is 2.47. The Morgan fingerprint density at radius 3 is 2.53 bits per heavy atom. The zero-order valence-electron chi connectivity index (χ0n) is 8.66. The van der Waals surface area contributed by atoms with Gasteiger partial charge in [0.15, 0.2) is 0 Å². The van der Waals surface area contributed by atoms with Crippen LogP contribution in [0.15, 0.2) is 24.3 Å². The summed E-state index contributed by atoms with van der Waals surface area (Å²) in [6.07, 6.45) is 0. The average molecular weight is 222 g/mol. The van der Waals surface area contributed by atoms with Crippen LogP contribution in [0.4, 0.5) is 5.95 Å². The van der Waals surface area contributed by atoms with Gasteiger partial charge >= 0.3 is 0 Å². The molecular formula is C11H12ClN3. The minimum Gasteiger partial charge on any atom is -0.369 e. The lowest BCUT2D eigenvalue weighted by atomic mass is 10.1. The summed E-state index contributed by atoms with van der Waals surface area (Å²) in [4.78, 5) is 4.30. The van der Waals surface area contributed by atoms with Crippen LogP contribution in [0.5, 0.6) is 0 Å². The number of anilines is 1. The summed E-state index contributed by atoms with van der Waals surface area (Å²) in [5, 5.41) is 0.693. The third kappa shape index (κ3) is 1.59. The number of nitrogens with zero attached hydrogens (tertiary/aromatic N) is 2. The zero-order chi connectivity index (χ0) is 11.0. The first kappa shape index (κ1) is 10.1. The zero-order valence-corrected chi connectivity index (χ0v) is 9.42. The highest BCUT2D eigenvalue weighted by molar-refractivity contribution is 6.33. The Morgan fingerprint density at radius 1 is 1.33 bits per heavy atom. The van der Waals surface area contributed by atoms with Crippen molar-refractivity contribution in [2.75, 3.05) is 5.73 Å². The highest BCUT2D eigenvalue weighted by atomic mass is 35.5. The Balaban J connectivity index is 2.65. The fourth-order valence-corrected chi connectivity index (χ4v) is 1.73. The Bertz CT molecular complexity index is 503. The molecule has 2 N–H and O–H groups in total. The van der Waals surface area contributed by atoms with Gasteiger partial charge in [-0.1, -0.05) is 29.8 Å². The van der Waals surface area contributed by atoms with E-state index in [1.165, 1.54) is 0 Å². The molecule has 0 bridgehead atoms. The van der Waals surface area contributed by atoms with Crippen molar-refractivity contribution in [3.8, 4) is 11.3 Å². The summed E-state index contributed by atoms with van der Waals surface area (Å²) in [6, 6.07) is 7.62. The van der Waals surface area contributed by atoms with E-state index < -0.39 is 0 Å². The van der Waals surface area contributed by atoms with Crippen molar-refractivity contribution >= 4 is 17.5 Å². The van der Waals surface area contributed by atoms with Gasteiger partial charge in [-0.25, -0.2) is 4.98 Å². The van der Waals surface area contributed by atoms with E-state index in [0.29, 0.717) is 11.0 Å². The quantitative estimate of drug-likeness (QED) is 0.805. The maximum atomic E-state index is 6.10. The van der Waals surface area contributed by atoms with Crippen LogP contribution in [-0.2, 0) is 7.05 Å². The third-order valence-corrected chi connectivity index (χ3v) is 2.87. The summed E-state index contributed by atoms with van der Waals surface area (Å²) in [7, 11) is 1.89. The van der Waals surface area contributed by atoms with Crippen molar-refractivity contribution in [3.05, 3.63) is 35.0 Å². The fraction of sp³-hybridized carbons (Fsp3) is 0.182. The molecule has 0 saturated carbocycles. The molecule has 0 aliphatic rings. The molecule has 1 heterocycles. The van der Waals surface area contributed by atoms with Gasteiger partial charge in [-0.3, -0.25) is 0 Å². The third-order valence-electron chi connectivity index (χ3n) is 2.54. The predicted octanol–water partition coefficient (Wildman–Crippen LogP) is 2.63. The summed E-state index contributed by atoms with van der Waals surface area (Å²) in [5.74, 6) is 0.502. The van der Waals surface area contributed by atoms with Crippen molar-refractivity contribution in [2.45, 2.75) is 6.92 Å². The number of imidazole rings is 1. The minimum absolute atomic E-state index is 0.502. The molecule has 15 heavy (non-hydrogen) atoms. The minimum atomic E-state index is 0.502. The molecule has 0 radical (unpaired) electrons. The fourth-order valence-electron chi connectivity index (χ4n) is 1.51. The first-order valence-corrected chi connectivity index (χ1v) is 5.02. The second kappa shape index (κ2) is 3.59. The number of rotatable bonds is 1. The van der Waals surface area contributed by atoms with E-state index in [1.807, 2.05) is 42.8 Å². The first-order valence-electron chi connectivity index (χ1n) is 4.65. The lowest BCUT2D eigenvalue weighted by Crippen LogP contribution is -1.97. The largest absolute Gasteiger partial charge is 0.369 e. The van der Waals surface area contributed by atoms with Crippen LogP contribution in [0.25, 0.3) is 11.3 Å². The highest BCUT2D eigenvalue weighted by Gasteiger charge is 2.12. The van der Waals surface area contributed by atoms with E-state index in [1.54, 1.807) is 0 Å². The van der Waals surface area contributed by atoms with E-state index in [9.17, 15) is 0 Å². The molecule has 78 valence electrons. The number of aromatic nitrogens is 2. The van der Waals surface area contributed by atoms with Crippen LogP contribution in [0, 0.1) is 6.92 Å². The second-order valence-corrected chi connectivity index (χ2v) is 3.85. The smallest absolute Gasteiger partial charge is 0.200 e. The molecular weight excluding hydrogens is 210 g/mol. The van der Waals surface area contributed by atoms with E-state index in [-0.39, 0.29) is 0 Å². The summed E-state index contributed by atoms with van der Waals surface area (Å²) >= 11 is 6.10. The number of nitrogen functional groups attached to an aromatic ring is 1. The van der Waals surface area contributed by atoms with E-state index in [0.717, 1.165) is 17.0 Å². The van der Waals surface area contributed by atoms with Gasteiger partial charge in [0.25, 0.3) is 0 Å². The summed E-state index contributed by atoms with van der Waals surface area (Å²) in [6.45, 7) is 1.97. The number of halogens is 1. The topological polar surface area (TPSA) is 43.8 Å². The van der Waals surface area contributed by atoms with Gasteiger partial charge in [0, 0.05) is 18.3 Å². The second-order valence-electron chi connectivity index (χ2n) is 3.44. The normalized spacial score (nSPS) is 10.6. The standard InChI is InChI=1S/C11H12ClN3/c1-7-10(14-11(13)15(7)2)8-5-3-4-6-9(8)12/h3-6H,1-2H3,(H2,13,14). The lowest BCUT2D eigenvalue weighted by molar-refractivity contribution is 0.889. The highest BCUT2D eigenvalue weighted by Crippen LogP contribution is 2.29. The molecule has 4 heteroatoms. The molecule has 1 aromatic carbocycles. The van der Waals surface area contributed by atoms with Crippen LogP contribution in [-0.4, -0.2) is 9.55 Å². The molecule has 0 unspecified atom stereocenters. The van der Waals surface area contributed by atoms with Crippen LogP contribution in [0.3, 0.4) is 0 Å². The first-order chi connectivity index (χ1) is 7.11. The van der Waals surface area contributed by atoms with Crippen molar-refractivity contribution < 1.29 is 0 Å². The lowest BCUT2D eigenvalue weighted by Gasteiger charge is -2.02. The van der Waals surface area contributed by atoms with E-state index >= 15 is 0 Å². The van der Waals surface area contributed by atoms with Gasteiger partial charge in [0.2, 0.25) is 5.95 Å². The van der Waals surface area contributed by atoms with Crippen LogP contribution in [0.2, 0.25) is 5.02 Å². The van der Waals surface area contributed by atoms with Gasteiger partial charge in [-0.2, -0.15) is 0 Å². The molecule has 0 saturated heterocycles. The molecule has 1 aromatic heterocycles. The molecule has 2 aromatic rings. The van der Waals surface area contributed by atoms with Crippen LogP contribution in [0.1, 0.15) is 5.69 Å². The Kier molecular flexibility index (Phi) is 2.40. The Hall–Kier alpha value is -1.48. The van der Waals surface area contributed by atoms with Crippen molar-refractivity contribution in [2.24, 2.45) is 7.05 Å². The van der Waals surface area contributed by atoms with Gasteiger partial charge in [-0.15, -0.1) is 0 Å². The number of hydrogen-bond donors (Lipinski definition) is 1. The monoisotopic (exact) mass is 221 g/mol. The van der Waals surface area contributed by atoms with Crippen molar-refractivity contribution in [3.63, 3.8) is 0 Å². The molecule has 0 spiro atoms. The Labute approximate surface area is 93.5 Å². The molecule has 0 atom stereocenters. The SMILES string of the molecule is Cc1c(-c2ccccc2Cl)nc(N)n1C. The maximum Gasteiger partial charge on any atom is 0.200 e. The molecule has 3 nitrogen and oxygen atoms in total. The molecule has 2 rings (SSSR count). The molecule has 0 aliphatic heterocycles.